The molecule has 2 rings (SSSR count). The van der Waals surface area contributed by atoms with Crippen LogP contribution in [-0.4, -0.2) is 30.7 Å². The number of benzene rings is 2. The van der Waals surface area contributed by atoms with Crippen molar-refractivity contribution in [2.24, 2.45) is 5.92 Å². The van der Waals surface area contributed by atoms with E-state index in [-0.39, 0.29) is 5.91 Å². The molecule has 0 bridgehead atoms. The van der Waals surface area contributed by atoms with E-state index in [1.165, 1.54) is 12.1 Å². The first-order valence-electron chi connectivity index (χ1n) is 9.57. The summed E-state index contributed by atoms with van der Waals surface area (Å²) in [6.07, 6.45) is 1.83. The molecule has 0 atom stereocenters. The molecular weight excluding hydrogens is 372 g/mol. The fraction of sp³-hybridized carbons (Fsp3) is 0.364. The van der Waals surface area contributed by atoms with Crippen LogP contribution in [0.4, 0.5) is 5.69 Å². The van der Waals surface area contributed by atoms with Crippen molar-refractivity contribution in [2.75, 3.05) is 19.0 Å². The molecule has 0 unspecified atom stereocenters. The number of aryl methyl sites for hydroxylation is 1. The van der Waals surface area contributed by atoms with Gasteiger partial charge in [0, 0.05) is 17.7 Å². The van der Waals surface area contributed by atoms with Gasteiger partial charge in [0.25, 0.3) is 5.91 Å². The lowest BCUT2D eigenvalue weighted by molar-refractivity contribution is -0.116. The monoisotopic (exact) mass is 400 g/mol. The van der Waals surface area contributed by atoms with Crippen LogP contribution in [0.5, 0.6) is 11.5 Å². The number of carbonyl (C=O) groups is 2. The van der Waals surface area contributed by atoms with Crippen LogP contribution in [0.25, 0.3) is 0 Å². The molecule has 0 saturated heterocycles. The first-order chi connectivity index (χ1) is 13.9. The van der Waals surface area contributed by atoms with E-state index in [0.717, 1.165) is 12.0 Å². The Kier molecular flexibility index (Phi) is 8.48. The van der Waals surface area contributed by atoms with Crippen LogP contribution >= 0.6 is 0 Å². The maximum absolute atomic E-state index is 12.2. The molecule has 0 aliphatic heterocycles. The van der Waals surface area contributed by atoms with Crippen molar-refractivity contribution in [3.05, 3.63) is 53.6 Å². The summed E-state index contributed by atoms with van der Waals surface area (Å²) in [5.74, 6) is 1.19. The molecule has 7 nitrogen and oxygen atoms in total. The van der Waals surface area contributed by atoms with Gasteiger partial charge in [0.05, 0.1) is 13.7 Å². The molecule has 0 aliphatic carbocycles. The van der Waals surface area contributed by atoms with Gasteiger partial charge in [-0.05, 0) is 60.7 Å². The lowest BCUT2D eigenvalue weighted by Crippen LogP contribution is -2.18. The Morgan fingerprint density at radius 3 is 2.41 bits per heavy atom. The van der Waals surface area contributed by atoms with Crippen molar-refractivity contribution in [2.45, 2.75) is 33.1 Å². The molecule has 0 radical (unpaired) electrons. The van der Waals surface area contributed by atoms with Crippen molar-refractivity contribution in [3.8, 4) is 11.5 Å². The number of anilines is 1. The van der Waals surface area contributed by atoms with Crippen LogP contribution in [0.1, 0.15) is 42.6 Å². The van der Waals surface area contributed by atoms with Crippen LogP contribution in [0.2, 0.25) is 0 Å². The average Bonchev–Trinajstić information content (AvgIpc) is 2.72. The van der Waals surface area contributed by atoms with E-state index in [4.69, 9.17) is 14.7 Å². The van der Waals surface area contributed by atoms with E-state index < -0.39 is 5.91 Å². The highest BCUT2D eigenvalue weighted by atomic mass is 16.5. The summed E-state index contributed by atoms with van der Waals surface area (Å²) in [7, 11) is 1.60. The second-order valence-electron chi connectivity index (χ2n) is 7.08. The van der Waals surface area contributed by atoms with E-state index in [2.05, 4.69) is 19.2 Å². The lowest BCUT2D eigenvalue weighted by Gasteiger charge is -2.13. The molecule has 0 spiro atoms. The highest BCUT2D eigenvalue weighted by Crippen LogP contribution is 2.29. The molecule has 3 N–H and O–H groups in total. The fourth-order valence-electron chi connectivity index (χ4n) is 2.64. The van der Waals surface area contributed by atoms with Crippen molar-refractivity contribution in [3.63, 3.8) is 0 Å². The molecular formula is C22H28N2O5. The maximum atomic E-state index is 12.2. The van der Waals surface area contributed by atoms with Gasteiger partial charge < -0.3 is 14.8 Å². The minimum Gasteiger partial charge on any atom is -0.493 e. The number of methoxy groups -OCH3 is 1. The second-order valence-corrected chi connectivity index (χ2v) is 7.08. The van der Waals surface area contributed by atoms with E-state index in [1.807, 2.05) is 18.2 Å². The Hall–Kier alpha value is -3.06. The van der Waals surface area contributed by atoms with Gasteiger partial charge in [-0.1, -0.05) is 19.9 Å². The predicted molar refractivity (Wildman–Crippen MR) is 111 cm³/mol. The molecule has 156 valence electrons. The fourth-order valence-corrected chi connectivity index (χ4v) is 2.64. The number of hydrogen-bond acceptors (Lipinski definition) is 5. The van der Waals surface area contributed by atoms with Crippen molar-refractivity contribution < 1.29 is 24.3 Å². The second kappa shape index (κ2) is 11.1. The molecule has 0 aromatic heterocycles. The third-order valence-corrected chi connectivity index (χ3v) is 4.35. The zero-order valence-electron chi connectivity index (χ0n) is 17.0. The topological polar surface area (TPSA) is 96.9 Å². The summed E-state index contributed by atoms with van der Waals surface area (Å²) in [6, 6.07) is 11.9. The largest absolute Gasteiger partial charge is 0.493 e. The summed E-state index contributed by atoms with van der Waals surface area (Å²) >= 11 is 0. The van der Waals surface area contributed by atoms with E-state index in [0.29, 0.717) is 48.1 Å². The predicted octanol–water partition coefficient (Wildman–Crippen LogP) is 3.81. The van der Waals surface area contributed by atoms with E-state index in [9.17, 15) is 9.59 Å². The highest BCUT2D eigenvalue weighted by Gasteiger charge is 2.09. The Morgan fingerprint density at radius 2 is 1.79 bits per heavy atom. The summed E-state index contributed by atoms with van der Waals surface area (Å²) < 4.78 is 11.2. The number of carbonyl (C=O) groups excluding carboxylic acids is 2. The Morgan fingerprint density at radius 1 is 1.07 bits per heavy atom. The number of rotatable bonds is 10. The van der Waals surface area contributed by atoms with Gasteiger partial charge >= 0.3 is 0 Å². The number of nitrogens with one attached hydrogen (secondary N) is 2. The average molecular weight is 400 g/mol. The summed E-state index contributed by atoms with van der Waals surface area (Å²) in [5.41, 5.74) is 3.42. The smallest absolute Gasteiger partial charge is 0.274 e. The molecule has 29 heavy (non-hydrogen) atoms. The van der Waals surface area contributed by atoms with Crippen LogP contribution in [0.3, 0.4) is 0 Å². The SMILES string of the molecule is COc1cc(CCC(=O)Nc2ccc(C(=O)NO)cc2)ccc1OCCC(C)C. The molecule has 2 aromatic carbocycles. The third kappa shape index (κ3) is 7.12. The van der Waals surface area contributed by atoms with Crippen molar-refractivity contribution in [1.82, 2.24) is 5.48 Å². The van der Waals surface area contributed by atoms with Gasteiger partial charge in [0.2, 0.25) is 5.91 Å². The molecule has 2 aromatic rings. The molecule has 0 aliphatic rings. The molecule has 7 heteroatoms. The Labute approximate surface area is 171 Å². The van der Waals surface area contributed by atoms with Crippen molar-refractivity contribution in [1.29, 1.82) is 0 Å². The quantitative estimate of drug-likeness (QED) is 0.416. The standard InChI is InChI=1S/C22H28N2O5/c1-15(2)12-13-29-19-10-4-16(14-20(19)28-3)5-11-21(25)23-18-8-6-17(7-9-18)22(26)24-27/h4,6-10,14-15,27H,5,11-13H2,1-3H3,(H,23,25)(H,24,26). The Balaban J connectivity index is 1.88. The van der Waals surface area contributed by atoms with E-state index in [1.54, 1.807) is 24.7 Å². The van der Waals surface area contributed by atoms with Gasteiger partial charge in [-0.15, -0.1) is 0 Å². The number of hydroxylamine groups is 1. The third-order valence-electron chi connectivity index (χ3n) is 4.35. The van der Waals surface area contributed by atoms with Gasteiger partial charge in [-0.2, -0.15) is 0 Å². The van der Waals surface area contributed by atoms with Gasteiger partial charge in [-0.3, -0.25) is 14.8 Å². The first kappa shape index (κ1) is 22.2. The number of ether oxygens (including phenoxy) is 2. The minimum atomic E-state index is -0.603. The lowest BCUT2D eigenvalue weighted by atomic mass is 10.1. The van der Waals surface area contributed by atoms with Gasteiger partial charge in [0.1, 0.15) is 0 Å². The van der Waals surface area contributed by atoms with Crippen LogP contribution in [-0.2, 0) is 11.2 Å². The van der Waals surface area contributed by atoms with Crippen LogP contribution < -0.4 is 20.3 Å². The van der Waals surface area contributed by atoms with Crippen molar-refractivity contribution >= 4 is 17.5 Å². The minimum absolute atomic E-state index is 0.138. The molecule has 0 fully saturated rings. The molecule has 0 saturated carbocycles. The first-order valence-corrected chi connectivity index (χ1v) is 9.57. The molecule has 0 heterocycles. The zero-order valence-corrected chi connectivity index (χ0v) is 17.0. The maximum Gasteiger partial charge on any atom is 0.274 e. The van der Waals surface area contributed by atoms with Crippen LogP contribution in [0, 0.1) is 5.92 Å². The number of hydrogen-bond donors (Lipinski definition) is 3. The van der Waals surface area contributed by atoms with Crippen LogP contribution in [0.15, 0.2) is 42.5 Å². The summed E-state index contributed by atoms with van der Waals surface area (Å²) in [5, 5.41) is 11.4. The normalized spacial score (nSPS) is 10.5. The van der Waals surface area contributed by atoms with Gasteiger partial charge in [0.15, 0.2) is 11.5 Å². The Bertz CT molecular complexity index is 818. The number of amides is 2. The zero-order chi connectivity index (χ0) is 21.2. The summed E-state index contributed by atoms with van der Waals surface area (Å²) in [6.45, 7) is 4.93. The highest BCUT2D eigenvalue weighted by molar-refractivity contribution is 5.95. The summed E-state index contributed by atoms with van der Waals surface area (Å²) in [4.78, 5) is 23.5. The molecule has 2 amide bonds. The van der Waals surface area contributed by atoms with Gasteiger partial charge in [-0.25, -0.2) is 5.48 Å². The van der Waals surface area contributed by atoms with E-state index >= 15 is 0 Å².